The standard InChI is InChI=1S/C7H9N3O4S/c1-15(12,13)9-7(11)5-4-6-10(8-5)2-3-14-6/h4H,2-3H2,1H3,(H,9,11). The monoisotopic (exact) mass is 231 g/mol. The molecule has 8 heteroatoms. The molecule has 0 fully saturated rings. The topological polar surface area (TPSA) is 90.3 Å². The molecule has 0 aromatic carbocycles. The van der Waals surface area contributed by atoms with Crippen molar-refractivity contribution in [3.8, 4) is 5.88 Å². The SMILES string of the molecule is CS(=O)(=O)NC(=O)c1cc2n(n1)CCO2. The summed E-state index contributed by atoms with van der Waals surface area (Å²) in [7, 11) is -3.55. The van der Waals surface area contributed by atoms with Crippen molar-refractivity contribution in [3.63, 3.8) is 0 Å². The van der Waals surface area contributed by atoms with Crippen molar-refractivity contribution in [1.29, 1.82) is 0 Å². The first kappa shape index (κ1) is 9.97. The number of rotatable bonds is 2. The first-order valence-electron chi connectivity index (χ1n) is 4.18. The number of carbonyl (C=O) groups excluding carboxylic acids is 1. The van der Waals surface area contributed by atoms with Crippen molar-refractivity contribution in [1.82, 2.24) is 14.5 Å². The third-order valence-electron chi connectivity index (χ3n) is 1.81. The highest BCUT2D eigenvalue weighted by molar-refractivity contribution is 7.89. The van der Waals surface area contributed by atoms with Crippen molar-refractivity contribution in [3.05, 3.63) is 11.8 Å². The van der Waals surface area contributed by atoms with E-state index in [1.54, 1.807) is 0 Å². The number of sulfonamides is 1. The van der Waals surface area contributed by atoms with Crippen LogP contribution < -0.4 is 9.46 Å². The summed E-state index contributed by atoms with van der Waals surface area (Å²) in [6.45, 7) is 1.10. The molecule has 1 amide bonds. The lowest BCUT2D eigenvalue weighted by molar-refractivity contribution is 0.0975. The molecule has 1 aliphatic rings. The molecule has 0 aliphatic carbocycles. The van der Waals surface area contributed by atoms with E-state index >= 15 is 0 Å². The number of aromatic nitrogens is 2. The molecule has 1 aromatic rings. The average Bonchev–Trinajstić information content (AvgIpc) is 2.56. The zero-order chi connectivity index (χ0) is 11.1. The Hall–Kier alpha value is -1.57. The molecule has 2 rings (SSSR count). The van der Waals surface area contributed by atoms with Gasteiger partial charge in [0.2, 0.25) is 15.9 Å². The molecule has 0 saturated heterocycles. The molecule has 0 spiro atoms. The second kappa shape index (κ2) is 3.23. The predicted molar refractivity (Wildman–Crippen MR) is 50.0 cm³/mol. The molecule has 15 heavy (non-hydrogen) atoms. The van der Waals surface area contributed by atoms with Gasteiger partial charge in [-0.15, -0.1) is 0 Å². The van der Waals surface area contributed by atoms with Crippen LogP contribution in [0.5, 0.6) is 5.88 Å². The van der Waals surface area contributed by atoms with Gasteiger partial charge >= 0.3 is 0 Å². The number of nitrogens with zero attached hydrogens (tertiary/aromatic N) is 2. The van der Waals surface area contributed by atoms with Crippen LogP contribution in [0.1, 0.15) is 10.5 Å². The van der Waals surface area contributed by atoms with Gasteiger partial charge in [-0.2, -0.15) is 5.10 Å². The first-order chi connectivity index (χ1) is 6.96. The largest absolute Gasteiger partial charge is 0.476 e. The fraction of sp³-hybridized carbons (Fsp3) is 0.429. The molecule has 0 unspecified atom stereocenters. The predicted octanol–water partition coefficient (Wildman–Crippen LogP) is -1.04. The molecule has 0 saturated carbocycles. The van der Waals surface area contributed by atoms with Gasteiger partial charge in [-0.1, -0.05) is 0 Å². The van der Waals surface area contributed by atoms with Gasteiger partial charge < -0.3 is 4.74 Å². The Morgan fingerprint density at radius 1 is 1.67 bits per heavy atom. The Morgan fingerprint density at radius 3 is 3.00 bits per heavy atom. The van der Waals surface area contributed by atoms with Crippen molar-refractivity contribution in [2.24, 2.45) is 0 Å². The number of hydrogen-bond donors (Lipinski definition) is 1. The van der Waals surface area contributed by atoms with Gasteiger partial charge in [0, 0.05) is 6.07 Å². The molecular formula is C7H9N3O4S. The van der Waals surface area contributed by atoms with Crippen LogP contribution in [-0.2, 0) is 16.6 Å². The zero-order valence-electron chi connectivity index (χ0n) is 7.93. The summed E-state index contributed by atoms with van der Waals surface area (Å²) in [4.78, 5) is 11.3. The molecule has 1 aromatic heterocycles. The molecule has 1 N–H and O–H groups in total. The Bertz CT molecular complexity index is 483. The van der Waals surface area contributed by atoms with Crippen LogP contribution in [0.25, 0.3) is 0 Å². The number of hydrogen-bond acceptors (Lipinski definition) is 5. The fourth-order valence-corrected chi connectivity index (χ4v) is 1.69. The maximum Gasteiger partial charge on any atom is 0.285 e. The van der Waals surface area contributed by atoms with Crippen LogP contribution >= 0.6 is 0 Å². The number of amides is 1. The summed E-state index contributed by atoms with van der Waals surface area (Å²) >= 11 is 0. The zero-order valence-corrected chi connectivity index (χ0v) is 8.74. The van der Waals surface area contributed by atoms with E-state index in [-0.39, 0.29) is 5.69 Å². The van der Waals surface area contributed by atoms with E-state index in [0.717, 1.165) is 6.26 Å². The summed E-state index contributed by atoms with van der Waals surface area (Å²) in [5.74, 6) is -0.267. The van der Waals surface area contributed by atoms with Crippen molar-refractivity contribution >= 4 is 15.9 Å². The molecule has 2 heterocycles. The van der Waals surface area contributed by atoms with E-state index in [1.165, 1.54) is 10.7 Å². The lowest BCUT2D eigenvalue weighted by atomic mass is 10.4. The second-order valence-electron chi connectivity index (χ2n) is 3.14. The van der Waals surface area contributed by atoms with E-state index in [1.807, 2.05) is 4.72 Å². The lowest BCUT2D eigenvalue weighted by Gasteiger charge is -1.98. The highest BCUT2D eigenvalue weighted by Crippen LogP contribution is 2.18. The molecule has 1 aliphatic heterocycles. The normalized spacial score (nSPS) is 14.5. The summed E-state index contributed by atoms with van der Waals surface area (Å²) < 4.78 is 30.1. The van der Waals surface area contributed by atoms with Crippen LogP contribution in [0.4, 0.5) is 0 Å². The van der Waals surface area contributed by atoms with E-state index in [2.05, 4.69) is 5.10 Å². The number of nitrogens with one attached hydrogen (secondary N) is 1. The third-order valence-corrected chi connectivity index (χ3v) is 2.36. The van der Waals surface area contributed by atoms with Crippen LogP contribution in [0, 0.1) is 0 Å². The highest BCUT2D eigenvalue weighted by atomic mass is 32.2. The Kier molecular flexibility index (Phi) is 2.14. The number of carbonyl (C=O) groups is 1. The van der Waals surface area contributed by atoms with Gasteiger partial charge in [0.15, 0.2) is 5.69 Å². The molecular weight excluding hydrogens is 222 g/mol. The van der Waals surface area contributed by atoms with Gasteiger partial charge in [0.25, 0.3) is 5.91 Å². The average molecular weight is 231 g/mol. The maximum atomic E-state index is 11.3. The van der Waals surface area contributed by atoms with Crippen LogP contribution in [0.3, 0.4) is 0 Å². The molecule has 0 atom stereocenters. The molecule has 7 nitrogen and oxygen atoms in total. The summed E-state index contributed by atoms with van der Waals surface area (Å²) in [6, 6.07) is 1.41. The van der Waals surface area contributed by atoms with Gasteiger partial charge in [-0.05, 0) is 0 Å². The minimum absolute atomic E-state index is 0.0372. The quantitative estimate of drug-likeness (QED) is 0.702. The van der Waals surface area contributed by atoms with Crippen LogP contribution in [0.15, 0.2) is 6.07 Å². The van der Waals surface area contributed by atoms with Gasteiger partial charge in [0.1, 0.15) is 6.61 Å². The van der Waals surface area contributed by atoms with Gasteiger partial charge in [-0.3, -0.25) is 4.79 Å². The van der Waals surface area contributed by atoms with E-state index in [4.69, 9.17) is 4.74 Å². The number of ether oxygens (including phenoxy) is 1. The minimum Gasteiger partial charge on any atom is -0.476 e. The van der Waals surface area contributed by atoms with E-state index in [9.17, 15) is 13.2 Å². The summed E-state index contributed by atoms with van der Waals surface area (Å²) in [5, 5.41) is 3.89. The van der Waals surface area contributed by atoms with E-state index < -0.39 is 15.9 Å². The van der Waals surface area contributed by atoms with Crippen molar-refractivity contribution in [2.45, 2.75) is 6.54 Å². The smallest absolute Gasteiger partial charge is 0.285 e. The molecule has 82 valence electrons. The summed E-state index contributed by atoms with van der Waals surface area (Å²) in [5.41, 5.74) is 0.0372. The Labute approximate surface area is 86.1 Å². The van der Waals surface area contributed by atoms with Crippen LogP contribution in [-0.4, -0.2) is 37.0 Å². The van der Waals surface area contributed by atoms with Crippen molar-refractivity contribution in [2.75, 3.05) is 12.9 Å². The summed E-state index contributed by atoms with van der Waals surface area (Å²) in [6.07, 6.45) is 0.908. The van der Waals surface area contributed by atoms with Crippen LogP contribution in [0.2, 0.25) is 0 Å². The lowest BCUT2D eigenvalue weighted by Crippen LogP contribution is -2.29. The Morgan fingerprint density at radius 2 is 2.40 bits per heavy atom. The van der Waals surface area contributed by atoms with Crippen molar-refractivity contribution < 1.29 is 17.9 Å². The first-order valence-corrected chi connectivity index (χ1v) is 6.07. The number of fused-ring (bicyclic) bond motifs is 1. The third kappa shape index (κ3) is 2.09. The second-order valence-corrected chi connectivity index (χ2v) is 4.89. The fourth-order valence-electron chi connectivity index (χ4n) is 1.24. The maximum absolute atomic E-state index is 11.3. The minimum atomic E-state index is -3.55. The molecule has 0 radical (unpaired) electrons. The van der Waals surface area contributed by atoms with E-state index in [0.29, 0.717) is 19.0 Å². The highest BCUT2D eigenvalue weighted by Gasteiger charge is 2.20. The Balaban J connectivity index is 2.20. The van der Waals surface area contributed by atoms with Gasteiger partial charge in [0.05, 0.1) is 12.8 Å². The molecule has 0 bridgehead atoms. The van der Waals surface area contributed by atoms with Gasteiger partial charge in [-0.25, -0.2) is 17.8 Å².